The summed E-state index contributed by atoms with van der Waals surface area (Å²) in [6.45, 7) is 0. The van der Waals surface area contributed by atoms with Gasteiger partial charge in [0.1, 0.15) is 5.65 Å². The molecule has 1 N–H and O–H groups in total. The Morgan fingerprint density at radius 1 is 1.33 bits per heavy atom. The number of aromatic carboxylic acids is 1. The molecule has 21 heavy (non-hydrogen) atoms. The molecule has 0 bridgehead atoms. The molecule has 1 fully saturated rings. The minimum absolute atomic E-state index is 0.248. The number of hydrogen-bond acceptors (Lipinski definition) is 5. The van der Waals surface area contributed by atoms with Gasteiger partial charge in [0, 0.05) is 12.4 Å². The topological polar surface area (TPSA) is 93.5 Å². The fraction of sp³-hybridized carbons (Fsp3) is 0.286. The van der Waals surface area contributed by atoms with Gasteiger partial charge in [0.15, 0.2) is 0 Å². The third-order valence-electron chi connectivity index (χ3n) is 3.56. The Morgan fingerprint density at radius 2 is 2.19 bits per heavy atom. The minimum Gasteiger partial charge on any atom is -0.475 e. The number of carboxylic acid groups (broad SMARTS) is 1. The average Bonchev–Trinajstić information content (AvgIpc) is 3.07. The fourth-order valence-corrected chi connectivity index (χ4v) is 2.37. The second-order valence-corrected chi connectivity index (χ2v) is 5.23. The van der Waals surface area contributed by atoms with Crippen LogP contribution in [0.3, 0.4) is 0 Å². The third-order valence-corrected chi connectivity index (χ3v) is 3.56. The summed E-state index contributed by atoms with van der Waals surface area (Å²) in [5, 5.41) is 12.2. The number of carbonyl (C=O) groups is 1. The van der Waals surface area contributed by atoms with Crippen molar-refractivity contribution in [3.63, 3.8) is 0 Å². The minimum atomic E-state index is -1.20. The summed E-state index contributed by atoms with van der Waals surface area (Å²) < 4.78 is 6.89. The van der Waals surface area contributed by atoms with Crippen molar-refractivity contribution in [2.24, 2.45) is 0 Å². The van der Waals surface area contributed by atoms with Crippen LogP contribution in [0, 0.1) is 0 Å². The molecule has 7 heteroatoms. The molecule has 0 unspecified atom stereocenters. The Labute approximate surface area is 119 Å². The molecule has 0 spiro atoms. The zero-order chi connectivity index (χ0) is 14.4. The molecule has 1 saturated carbocycles. The lowest BCUT2D eigenvalue weighted by molar-refractivity contribution is 0.0680. The number of carboxylic acids is 1. The predicted octanol–water partition coefficient (Wildman–Crippen LogP) is 1.88. The second kappa shape index (κ2) is 4.41. The molecule has 7 nitrogen and oxygen atoms in total. The van der Waals surface area contributed by atoms with E-state index in [2.05, 4.69) is 27.4 Å². The lowest BCUT2D eigenvalue weighted by atomic mass is 10.2. The maximum absolute atomic E-state index is 10.7. The smallest absolute Gasteiger partial charge is 0.377 e. The predicted molar refractivity (Wildman–Crippen MR) is 71.2 cm³/mol. The number of hydrogen-bond donors (Lipinski definition) is 1. The first kappa shape index (κ1) is 12.1. The molecular weight excluding hydrogens is 272 g/mol. The Hall–Kier alpha value is -2.70. The summed E-state index contributed by atoms with van der Waals surface area (Å²) in [6.07, 6.45) is 6.84. The van der Waals surface area contributed by atoms with Gasteiger partial charge in [-0.2, -0.15) is 4.98 Å². The van der Waals surface area contributed by atoms with Crippen LogP contribution in [-0.2, 0) is 6.42 Å². The van der Waals surface area contributed by atoms with E-state index in [1.807, 2.05) is 16.7 Å². The highest BCUT2D eigenvalue weighted by Gasteiger charge is 2.23. The van der Waals surface area contributed by atoms with Crippen LogP contribution in [0.5, 0.6) is 0 Å². The van der Waals surface area contributed by atoms with Crippen molar-refractivity contribution in [3.8, 4) is 0 Å². The normalized spacial score (nSPS) is 14.7. The molecular formula is C14H12N4O3. The van der Waals surface area contributed by atoms with Crippen molar-refractivity contribution >= 4 is 11.6 Å². The quantitative estimate of drug-likeness (QED) is 0.786. The van der Waals surface area contributed by atoms with E-state index < -0.39 is 5.97 Å². The van der Waals surface area contributed by atoms with Crippen molar-refractivity contribution in [1.82, 2.24) is 19.5 Å². The van der Waals surface area contributed by atoms with E-state index in [0.717, 1.165) is 11.3 Å². The fourth-order valence-electron chi connectivity index (χ4n) is 2.37. The summed E-state index contributed by atoms with van der Waals surface area (Å²) in [5.74, 6) is -0.591. The number of rotatable bonds is 4. The molecule has 106 valence electrons. The van der Waals surface area contributed by atoms with Crippen LogP contribution in [-0.4, -0.2) is 30.6 Å². The van der Waals surface area contributed by atoms with Crippen LogP contribution in [0.1, 0.15) is 46.5 Å². The van der Waals surface area contributed by atoms with Gasteiger partial charge in [0.2, 0.25) is 5.89 Å². The van der Waals surface area contributed by atoms with Crippen molar-refractivity contribution in [2.75, 3.05) is 0 Å². The standard InChI is InChI=1S/C14H12N4O3/c19-14(20)13-16-12(21-17-13)5-10-7-18-6-9(8-1-2-8)3-4-11(18)15-10/h3-4,6-8H,1-2,5H2,(H,19,20). The highest BCUT2D eigenvalue weighted by Crippen LogP contribution is 2.39. The van der Waals surface area contributed by atoms with E-state index in [-0.39, 0.29) is 11.7 Å². The molecule has 1 aliphatic carbocycles. The van der Waals surface area contributed by atoms with Crippen LogP contribution in [0.15, 0.2) is 29.0 Å². The van der Waals surface area contributed by atoms with E-state index in [1.54, 1.807) is 0 Å². The van der Waals surface area contributed by atoms with Crippen LogP contribution >= 0.6 is 0 Å². The van der Waals surface area contributed by atoms with Crippen LogP contribution in [0.4, 0.5) is 0 Å². The lowest BCUT2D eigenvalue weighted by Gasteiger charge is -1.98. The Bertz CT molecular complexity index is 832. The average molecular weight is 284 g/mol. The van der Waals surface area contributed by atoms with E-state index >= 15 is 0 Å². The van der Waals surface area contributed by atoms with Crippen molar-refractivity contribution in [3.05, 3.63) is 47.5 Å². The van der Waals surface area contributed by atoms with E-state index in [1.165, 1.54) is 18.4 Å². The number of fused-ring (bicyclic) bond motifs is 1. The van der Waals surface area contributed by atoms with Gasteiger partial charge in [-0.05, 0) is 35.5 Å². The summed E-state index contributed by atoms with van der Waals surface area (Å²) >= 11 is 0. The number of aromatic nitrogens is 4. The zero-order valence-corrected chi connectivity index (χ0v) is 11.1. The van der Waals surface area contributed by atoms with Crippen molar-refractivity contribution in [1.29, 1.82) is 0 Å². The van der Waals surface area contributed by atoms with Gasteiger partial charge in [-0.25, -0.2) is 9.78 Å². The first-order chi connectivity index (χ1) is 10.2. The second-order valence-electron chi connectivity index (χ2n) is 5.23. The first-order valence-electron chi connectivity index (χ1n) is 6.72. The number of nitrogens with zero attached hydrogens (tertiary/aromatic N) is 4. The molecule has 1 aliphatic rings. The summed E-state index contributed by atoms with van der Waals surface area (Å²) in [6, 6.07) is 4.10. The van der Waals surface area contributed by atoms with Crippen LogP contribution in [0.2, 0.25) is 0 Å². The van der Waals surface area contributed by atoms with Gasteiger partial charge in [-0.3, -0.25) is 0 Å². The number of pyridine rings is 1. The van der Waals surface area contributed by atoms with E-state index in [0.29, 0.717) is 12.3 Å². The maximum Gasteiger partial charge on any atom is 0.377 e. The van der Waals surface area contributed by atoms with Crippen molar-refractivity contribution in [2.45, 2.75) is 25.2 Å². The number of imidazole rings is 1. The SMILES string of the molecule is O=C(O)c1noc(Cc2cn3cc(C4CC4)ccc3n2)n1. The molecule has 3 aromatic heterocycles. The molecule has 4 rings (SSSR count). The molecule has 0 aromatic carbocycles. The highest BCUT2D eigenvalue weighted by molar-refractivity contribution is 5.82. The first-order valence-corrected chi connectivity index (χ1v) is 6.72. The van der Waals surface area contributed by atoms with Gasteiger partial charge >= 0.3 is 5.97 Å². The molecule has 0 radical (unpaired) electrons. The summed E-state index contributed by atoms with van der Waals surface area (Å²) in [5.41, 5.74) is 2.95. The van der Waals surface area contributed by atoms with Crippen molar-refractivity contribution < 1.29 is 14.4 Å². The monoisotopic (exact) mass is 284 g/mol. The Kier molecular flexibility index (Phi) is 2.53. The lowest BCUT2D eigenvalue weighted by Crippen LogP contribution is -1.99. The molecule has 3 heterocycles. The molecule has 0 amide bonds. The van der Waals surface area contributed by atoms with Crippen LogP contribution < -0.4 is 0 Å². The van der Waals surface area contributed by atoms with E-state index in [4.69, 9.17) is 9.63 Å². The zero-order valence-electron chi connectivity index (χ0n) is 11.1. The van der Waals surface area contributed by atoms with Gasteiger partial charge in [0.25, 0.3) is 5.82 Å². The van der Waals surface area contributed by atoms with Crippen LogP contribution in [0.25, 0.3) is 5.65 Å². The molecule has 0 saturated heterocycles. The van der Waals surface area contributed by atoms with Gasteiger partial charge in [0.05, 0.1) is 12.1 Å². The summed E-state index contributed by atoms with van der Waals surface area (Å²) in [4.78, 5) is 19.0. The highest BCUT2D eigenvalue weighted by atomic mass is 16.5. The largest absolute Gasteiger partial charge is 0.475 e. The van der Waals surface area contributed by atoms with E-state index in [9.17, 15) is 4.79 Å². The summed E-state index contributed by atoms with van der Waals surface area (Å²) in [7, 11) is 0. The molecule has 0 aliphatic heterocycles. The van der Waals surface area contributed by atoms with Gasteiger partial charge < -0.3 is 14.0 Å². The Balaban J connectivity index is 1.61. The third kappa shape index (κ3) is 2.26. The van der Waals surface area contributed by atoms with Gasteiger partial charge in [-0.15, -0.1) is 0 Å². The Morgan fingerprint density at radius 3 is 2.90 bits per heavy atom. The van der Waals surface area contributed by atoms with Gasteiger partial charge in [-0.1, -0.05) is 6.07 Å². The maximum atomic E-state index is 10.7. The molecule has 3 aromatic rings. The molecule has 0 atom stereocenters.